The minimum Gasteiger partial charge on any atom is -0.392 e. The van der Waals surface area contributed by atoms with Crippen LogP contribution in [0, 0.1) is 0 Å². The smallest absolute Gasteiger partial charge is 0.252 e. The van der Waals surface area contributed by atoms with E-state index in [0.29, 0.717) is 17.6 Å². The van der Waals surface area contributed by atoms with E-state index in [-0.39, 0.29) is 19.4 Å². The molecular weight excluding hydrogens is 905 g/mol. The van der Waals surface area contributed by atoms with E-state index in [0.717, 1.165) is 27.6 Å². The number of hydrogen-bond donors (Lipinski definition) is 7. The lowest BCUT2D eigenvalue weighted by atomic mass is 9.78. The Balaban J connectivity index is 1.20. The van der Waals surface area contributed by atoms with Gasteiger partial charge in [0.05, 0.1) is 19.3 Å². The number of rotatable bonds is 13. The zero-order valence-corrected chi connectivity index (χ0v) is 39.8. The van der Waals surface area contributed by atoms with Crippen molar-refractivity contribution in [3.8, 4) is 0 Å². The Hall–Kier alpha value is -7.21. The first-order chi connectivity index (χ1) is 34.3. The molecule has 0 saturated carbocycles. The molecule has 0 radical (unpaired) electrons. The number of aromatic nitrogens is 1. The van der Waals surface area contributed by atoms with Gasteiger partial charge in [0, 0.05) is 29.9 Å². The van der Waals surface area contributed by atoms with Crippen LogP contribution in [0.1, 0.15) is 50.3 Å². The maximum absolute atomic E-state index is 15.1. The lowest BCUT2D eigenvalue weighted by molar-refractivity contribution is -0.208. The summed E-state index contributed by atoms with van der Waals surface area (Å²) >= 11 is 0. The van der Waals surface area contributed by atoms with Crippen LogP contribution < -0.4 is 26.6 Å². The fourth-order valence-electron chi connectivity index (χ4n) is 9.45. The third kappa shape index (κ3) is 11.4. The molecule has 7 N–H and O–H groups in total. The molecule has 3 fully saturated rings. The summed E-state index contributed by atoms with van der Waals surface area (Å²) in [5.74, 6) is -4.92. The van der Waals surface area contributed by atoms with E-state index < -0.39 is 96.2 Å². The molecule has 4 aliphatic rings. The quantitative estimate of drug-likeness (QED) is 0.0932. The number of fused-ring (bicyclic) bond motifs is 4. The number of aromatic amines is 1. The molecule has 4 heterocycles. The summed E-state index contributed by atoms with van der Waals surface area (Å²) in [6, 6.07) is 20.1. The zero-order valence-electron chi connectivity index (χ0n) is 39.8. The number of H-pyrrole nitrogens is 1. The summed E-state index contributed by atoms with van der Waals surface area (Å²) in [5.41, 5.74) is 3.10. The minimum absolute atomic E-state index is 0.0157. The first kappa shape index (κ1) is 50.2. The summed E-state index contributed by atoms with van der Waals surface area (Å²) in [5, 5.41) is 24.7. The van der Waals surface area contributed by atoms with Gasteiger partial charge < -0.3 is 55.6 Å². The van der Waals surface area contributed by atoms with Gasteiger partial charge in [0.15, 0.2) is 18.2 Å². The standard InChI is InChI=1S/C55H60N6O10/c1-5-19-35(20-18-29-62)30-42-50(65)58-43(31-36-32-56-41-28-17-16-27-40(36)41)49(64)57-34(2)48(63)60-44(51(66)61-45-46(52(67)59-42)69-53-47(45)70-54(3,4)71-53)33-68-55(38-23-12-8-13-24-38,39-25-14-9-15-26-39)37-21-10-6-7-11-22-37/h5-21,23-28,32,34,42-47,53,56,62H,1,22,29-31,33H2,2-4H3,(H,57,64)(H,58,65)(H,59,67)(H,60,63)(H,61,66)/b20-18-,35-19+/t34?,42?,43-,44?,45?,46+,47?,53?/m1/s1. The van der Waals surface area contributed by atoms with E-state index in [1.165, 1.54) is 19.1 Å². The van der Waals surface area contributed by atoms with Crippen LogP contribution in [-0.4, -0.2) is 107 Å². The minimum atomic E-state index is -1.49. The molecular formula is C55H60N6O10. The van der Waals surface area contributed by atoms with Crippen LogP contribution in [0.3, 0.4) is 0 Å². The van der Waals surface area contributed by atoms with Gasteiger partial charge in [0.25, 0.3) is 5.91 Å². The first-order valence-corrected chi connectivity index (χ1v) is 23.7. The molecule has 370 valence electrons. The van der Waals surface area contributed by atoms with Gasteiger partial charge in [0.1, 0.15) is 35.9 Å². The first-order valence-electron chi connectivity index (χ1n) is 23.7. The van der Waals surface area contributed by atoms with E-state index >= 15 is 4.79 Å². The average molecular weight is 965 g/mol. The number of aliphatic hydroxyl groups is 1. The molecule has 16 heteroatoms. The number of benzene rings is 3. The van der Waals surface area contributed by atoms with Crippen LogP contribution in [0.4, 0.5) is 0 Å². The Morgan fingerprint density at radius 2 is 1.45 bits per heavy atom. The Morgan fingerprint density at radius 3 is 2.17 bits per heavy atom. The lowest BCUT2D eigenvalue weighted by Crippen LogP contribution is -2.63. The molecule has 71 heavy (non-hydrogen) atoms. The SMILES string of the molecule is C=C/C=C(\C=C/CO)CC1NC(=O)[C@H]2OC3OC(C)(C)OC3C2NC(=O)C(COC(C2=CC=CC=CC2)(c2ccccc2)c2ccccc2)NC(=O)C(C)NC(=O)[C@@H](Cc2c[nH]c3ccccc23)NC1=O. The summed E-state index contributed by atoms with van der Waals surface area (Å²) < 4.78 is 25.7. The number of hydrogen-bond acceptors (Lipinski definition) is 10. The van der Waals surface area contributed by atoms with Crippen molar-refractivity contribution in [2.45, 2.75) is 100 Å². The van der Waals surface area contributed by atoms with Gasteiger partial charge in [-0.05, 0) is 61.1 Å². The third-order valence-electron chi connectivity index (χ3n) is 12.8. The maximum atomic E-state index is 15.1. The maximum Gasteiger partial charge on any atom is 0.252 e. The Bertz CT molecular complexity index is 2720. The second-order valence-electron chi connectivity index (χ2n) is 18.2. The molecule has 4 aromatic rings. The lowest BCUT2D eigenvalue weighted by Gasteiger charge is -2.38. The summed E-state index contributed by atoms with van der Waals surface area (Å²) in [7, 11) is 0. The number of aliphatic hydroxyl groups excluding tert-OH is 1. The fourth-order valence-corrected chi connectivity index (χ4v) is 9.45. The molecule has 16 nitrogen and oxygen atoms in total. The molecule has 3 aliphatic heterocycles. The largest absolute Gasteiger partial charge is 0.392 e. The van der Waals surface area contributed by atoms with Gasteiger partial charge in [-0.15, -0.1) is 0 Å². The summed E-state index contributed by atoms with van der Waals surface area (Å²) in [6.45, 7) is 7.90. The topological polar surface area (TPSA) is 218 Å². The average Bonchev–Trinajstić information content (AvgIpc) is 3.92. The number of allylic oxidation sites excluding steroid dienone is 8. The predicted octanol–water partition coefficient (Wildman–Crippen LogP) is 4.50. The molecule has 8 atom stereocenters. The molecule has 8 rings (SSSR count). The molecule has 0 spiro atoms. The van der Waals surface area contributed by atoms with Crippen LogP contribution in [0.2, 0.25) is 0 Å². The van der Waals surface area contributed by atoms with Crippen LogP contribution in [0.15, 0.2) is 164 Å². The highest BCUT2D eigenvalue weighted by Crippen LogP contribution is 2.43. The molecule has 0 bridgehead atoms. The normalized spacial score (nSPS) is 26.4. The van der Waals surface area contributed by atoms with Crippen molar-refractivity contribution >= 4 is 40.4 Å². The van der Waals surface area contributed by atoms with Crippen LogP contribution >= 0.6 is 0 Å². The van der Waals surface area contributed by atoms with Crippen molar-refractivity contribution in [2.75, 3.05) is 13.2 Å². The van der Waals surface area contributed by atoms with Gasteiger partial charge in [-0.3, -0.25) is 24.0 Å². The molecule has 1 aliphatic carbocycles. The molecule has 5 amide bonds. The summed E-state index contributed by atoms with van der Waals surface area (Å²) in [6.07, 6.45) is 14.4. The van der Waals surface area contributed by atoms with Gasteiger partial charge >= 0.3 is 0 Å². The fraction of sp³-hybridized carbons (Fsp3) is 0.327. The van der Waals surface area contributed by atoms with Gasteiger partial charge in [-0.1, -0.05) is 140 Å². The van der Waals surface area contributed by atoms with E-state index in [1.54, 1.807) is 32.2 Å². The molecule has 3 saturated heterocycles. The molecule has 3 aromatic carbocycles. The van der Waals surface area contributed by atoms with Crippen molar-refractivity contribution in [1.82, 2.24) is 31.6 Å². The highest BCUT2D eigenvalue weighted by Gasteiger charge is 2.58. The van der Waals surface area contributed by atoms with Crippen molar-refractivity contribution < 1.29 is 48.0 Å². The second kappa shape index (κ2) is 22.3. The van der Waals surface area contributed by atoms with Crippen molar-refractivity contribution in [3.05, 3.63) is 180 Å². The van der Waals surface area contributed by atoms with Crippen molar-refractivity contribution in [3.63, 3.8) is 0 Å². The summed E-state index contributed by atoms with van der Waals surface area (Å²) in [4.78, 5) is 76.6. The van der Waals surface area contributed by atoms with Crippen molar-refractivity contribution in [1.29, 1.82) is 0 Å². The van der Waals surface area contributed by atoms with Crippen LogP contribution in [-0.2, 0) is 54.9 Å². The highest BCUT2D eigenvalue weighted by molar-refractivity contribution is 5.97. The van der Waals surface area contributed by atoms with Crippen LogP contribution in [0.5, 0.6) is 0 Å². The predicted molar refractivity (Wildman–Crippen MR) is 266 cm³/mol. The van der Waals surface area contributed by atoms with Gasteiger partial charge in [-0.25, -0.2) is 0 Å². The number of nitrogens with one attached hydrogen (secondary N) is 6. The van der Waals surface area contributed by atoms with Gasteiger partial charge in [0.2, 0.25) is 23.6 Å². The van der Waals surface area contributed by atoms with E-state index in [1.807, 2.05) is 115 Å². The van der Waals surface area contributed by atoms with Crippen LogP contribution in [0.25, 0.3) is 10.9 Å². The number of para-hydroxylation sites is 1. The number of amides is 5. The second-order valence-corrected chi connectivity index (χ2v) is 18.2. The van der Waals surface area contributed by atoms with Gasteiger partial charge in [-0.2, -0.15) is 0 Å². The number of carbonyl (C=O) groups excluding carboxylic acids is 5. The number of ether oxygens (including phenoxy) is 4. The molecule has 6 unspecified atom stereocenters. The Kier molecular flexibility index (Phi) is 15.7. The van der Waals surface area contributed by atoms with E-state index in [2.05, 4.69) is 38.1 Å². The Labute approximate surface area is 412 Å². The Morgan fingerprint density at radius 1 is 0.789 bits per heavy atom. The number of carbonyl (C=O) groups is 5. The van der Waals surface area contributed by atoms with E-state index in [9.17, 15) is 24.3 Å². The molecule has 1 aromatic heterocycles. The highest BCUT2D eigenvalue weighted by atomic mass is 16.8. The monoisotopic (exact) mass is 964 g/mol. The van der Waals surface area contributed by atoms with Crippen molar-refractivity contribution in [2.24, 2.45) is 0 Å². The zero-order chi connectivity index (χ0) is 50.1. The third-order valence-corrected chi connectivity index (χ3v) is 12.8. The van der Waals surface area contributed by atoms with E-state index in [4.69, 9.17) is 18.9 Å².